The molecule has 0 aliphatic carbocycles. The number of halogens is 1. The first kappa shape index (κ1) is 13.7. The summed E-state index contributed by atoms with van der Waals surface area (Å²) in [4.78, 5) is 14.5. The number of ether oxygens (including phenoxy) is 1. The lowest BCUT2D eigenvalue weighted by molar-refractivity contribution is 0.286. The number of piperazine rings is 1. The third-order valence-electron chi connectivity index (χ3n) is 3.18. The van der Waals surface area contributed by atoms with Gasteiger partial charge in [-0.1, -0.05) is 6.07 Å². The molecule has 0 amide bonds. The third kappa shape index (κ3) is 3.63. The highest BCUT2D eigenvalue weighted by Crippen LogP contribution is 2.15. The van der Waals surface area contributed by atoms with Crippen molar-refractivity contribution in [2.24, 2.45) is 0 Å². The molecule has 1 fully saturated rings. The Morgan fingerprint density at radius 3 is 2.86 bits per heavy atom. The van der Waals surface area contributed by atoms with Crippen LogP contribution in [0.3, 0.4) is 0 Å². The van der Waals surface area contributed by atoms with E-state index in [1.165, 1.54) is 6.07 Å². The topological polar surface area (TPSA) is 63.2 Å². The molecule has 7 heteroatoms. The largest absolute Gasteiger partial charge is 0.470 e. The Morgan fingerprint density at radius 1 is 1.19 bits per heavy atom. The Balaban J connectivity index is 1.65. The minimum Gasteiger partial charge on any atom is -0.470 e. The van der Waals surface area contributed by atoms with Crippen LogP contribution >= 0.6 is 0 Å². The van der Waals surface area contributed by atoms with Gasteiger partial charge in [0.2, 0.25) is 11.8 Å². The number of nitrogens with one attached hydrogen (secondary N) is 1. The number of aromatic nitrogens is 3. The van der Waals surface area contributed by atoms with Crippen molar-refractivity contribution in [3.63, 3.8) is 0 Å². The number of rotatable bonds is 4. The molecule has 0 atom stereocenters. The highest BCUT2D eigenvalue weighted by atomic mass is 19.1. The van der Waals surface area contributed by atoms with E-state index in [-0.39, 0.29) is 6.61 Å². The summed E-state index contributed by atoms with van der Waals surface area (Å²) in [5.74, 6) is 0.690. The van der Waals surface area contributed by atoms with Crippen molar-refractivity contribution in [1.82, 2.24) is 20.3 Å². The second-order valence-corrected chi connectivity index (χ2v) is 4.69. The van der Waals surface area contributed by atoms with Crippen molar-refractivity contribution in [1.29, 1.82) is 0 Å². The van der Waals surface area contributed by atoms with E-state index >= 15 is 0 Å². The van der Waals surface area contributed by atoms with Gasteiger partial charge < -0.3 is 15.0 Å². The zero-order valence-electron chi connectivity index (χ0n) is 11.5. The SMILES string of the molecule is Fc1cccc(COc2cncc(N3CCNCC3)n2)n1. The van der Waals surface area contributed by atoms with Crippen molar-refractivity contribution >= 4 is 5.82 Å². The van der Waals surface area contributed by atoms with Gasteiger partial charge in [0.05, 0.1) is 18.1 Å². The Bertz CT molecular complexity index is 603. The predicted molar refractivity (Wildman–Crippen MR) is 75.6 cm³/mol. The van der Waals surface area contributed by atoms with Gasteiger partial charge in [0, 0.05) is 26.2 Å². The minimum absolute atomic E-state index is 0.164. The zero-order chi connectivity index (χ0) is 14.5. The maximum absolute atomic E-state index is 13.0. The number of anilines is 1. The van der Waals surface area contributed by atoms with Crippen molar-refractivity contribution < 1.29 is 9.13 Å². The average molecular weight is 289 g/mol. The molecular formula is C14H16FN5O. The normalized spacial score (nSPS) is 15.0. The van der Waals surface area contributed by atoms with Gasteiger partial charge in [-0.2, -0.15) is 9.37 Å². The van der Waals surface area contributed by atoms with Crippen LogP contribution in [0.2, 0.25) is 0 Å². The molecule has 21 heavy (non-hydrogen) atoms. The first-order valence-electron chi connectivity index (χ1n) is 6.83. The number of hydrogen-bond acceptors (Lipinski definition) is 6. The molecular weight excluding hydrogens is 273 g/mol. The quantitative estimate of drug-likeness (QED) is 0.847. The molecule has 1 aliphatic heterocycles. The summed E-state index contributed by atoms with van der Waals surface area (Å²) in [6.07, 6.45) is 3.27. The summed E-state index contributed by atoms with van der Waals surface area (Å²) in [6, 6.07) is 4.61. The lowest BCUT2D eigenvalue weighted by Crippen LogP contribution is -2.43. The van der Waals surface area contributed by atoms with E-state index < -0.39 is 5.95 Å². The van der Waals surface area contributed by atoms with Gasteiger partial charge in [0.1, 0.15) is 6.61 Å². The third-order valence-corrected chi connectivity index (χ3v) is 3.18. The molecule has 110 valence electrons. The van der Waals surface area contributed by atoms with Crippen LogP contribution < -0.4 is 15.0 Å². The fourth-order valence-corrected chi connectivity index (χ4v) is 2.13. The van der Waals surface area contributed by atoms with Gasteiger partial charge in [0.25, 0.3) is 0 Å². The Morgan fingerprint density at radius 2 is 2.05 bits per heavy atom. The molecule has 0 aromatic carbocycles. The molecule has 3 rings (SSSR count). The molecule has 1 aliphatic rings. The van der Waals surface area contributed by atoms with E-state index in [0.29, 0.717) is 11.6 Å². The summed E-state index contributed by atoms with van der Waals surface area (Å²) in [7, 11) is 0. The summed E-state index contributed by atoms with van der Waals surface area (Å²) < 4.78 is 18.5. The van der Waals surface area contributed by atoms with Gasteiger partial charge in [-0.3, -0.25) is 4.98 Å². The Labute approximate surface area is 122 Å². The summed E-state index contributed by atoms with van der Waals surface area (Å²) in [6.45, 7) is 3.81. The Hall–Kier alpha value is -2.28. The Kier molecular flexibility index (Phi) is 4.20. The van der Waals surface area contributed by atoms with E-state index in [1.54, 1.807) is 24.5 Å². The maximum atomic E-state index is 13.0. The molecule has 0 radical (unpaired) electrons. The number of hydrogen-bond donors (Lipinski definition) is 1. The van der Waals surface area contributed by atoms with Crippen LogP contribution in [-0.4, -0.2) is 41.1 Å². The van der Waals surface area contributed by atoms with Crippen molar-refractivity contribution in [3.8, 4) is 5.88 Å². The van der Waals surface area contributed by atoms with Crippen LogP contribution in [0.4, 0.5) is 10.2 Å². The highest BCUT2D eigenvalue weighted by molar-refractivity contribution is 5.38. The van der Waals surface area contributed by atoms with Crippen LogP contribution in [0.1, 0.15) is 5.69 Å². The van der Waals surface area contributed by atoms with E-state index in [0.717, 1.165) is 32.0 Å². The van der Waals surface area contributed by atoms with Crippen LogP contribution in [0.15, 0.2) is 30.6 Å². The standard InChI is InChI=1S/C14H16FN5O/c15-12-3-1-2-11(18-12)10-21-14-9-17-8-13(19-14)20-6-4-16-5-7-20/h1-3,8-9,16H,4-7,10H2. The van der Waals surface area contributed by atoms with E-state index in [1.807, 2.05) is 0 Å². The van der Waals surface area contributed by atoms with Gasteiger partial charge in [-0.25, -0.2) is 4.98 Å². The second-order valence-electron chi connectivity index (χ2n) is 4.69. The van der Waals surface area contributed by atoms with E-state index in [4.69, 9.17) is 4.74 Å². The fourth-order valence-electron chi connectivity index (χ4n) is 2.13. The molecule has 3 heterocycles. The fraction of sp³-hybridized carbons (Fsp3) is 0.357. The summed E-state index contributed by atoms with van der Waals surface area (Å²) in [5, 5.41) is 3.29. The highest BCUT2D eigenvalue weighted by Gasteiger charge is 2.12. The van der Waals surface area contributed by atoms with Crippen molar-refractivity contribution in [2.45, 2.75) is 6.61 Å². The smallest absolute Gasteiger partial charge is 0.234 e. The lowest BCUT2D eigenvalue weighted by atomic mass is 10.3. The number of nitrogens with zero attached hydrogens (tertiary/aromatic N) is 4. The molecule has 2 aromatic heterocycles. The van der Waals surface area contributed by atoms with E-state index in [9.17, 15) is 4.39 Å². The molecule has 1 saturated heterocycles. The summed E-state index contributed by atoms with van der Waals surface area (Å²) in [5.41, 5.74) is 0.518. The monoisotopic (exact) mass is 289 g/mol. The van der Waals surface area contributed by atoms with Gasteiger partial charge in [-0.15, -0.1) is 0 Å². The minimum atomic E-state index is -0.517. The van der Waals surface area contributed by atoms with Crippen LogP contribution in [0.25, 0.3) is 0 Å². The van der Waals surface area contributed by atoms with Crippen LogP contribution in [0, 0.1) is 5.95 Å². The predicted octanol–water partition coefficient (Wildman–Crippen LogP) is 0.999. The average Bonchev–Trinajstić information content (AvgIpc) is 2.54. The lowest BCUT2D eigenvalue weighted by Gasteiger charge is -2.28. The molecule has 2 aromatic rings. The molecule has 0 unspecified atom stereocenters. The molecule has 6 nitrogen and oxygen atoms in total. The van der Waals surface area contributed by atoms with Gasteiger partial charge in [0.15, 0.2) is 5.82 Å². The first-order valence-corrected chi connectivity index (χ1v) is 6.83. The molecule has 0 spiro atoms. The van der Waals surface area contributed by atoms with Gasteiger partial charge >= 0.3 is 0 Å². The molecule has 0 bridgehead atoms. The maximum Gasteiger partial charge on any atom is 0.234 e. The molecule has 1 N–H and O–H groups in total. The van der Waals surface area contributed by atoms with Crippen molar-refractivity contribution in [2.75, 3.05) is 31.1 Å². The van der Waals surface area contributed by atoms with Crippen molar-refractivity contribution in [3.05, 3.63) is 42.2 Å². The van der Waals surface area contributed by atoms with Crippen LogP contribution in [0.5, 0.6) is 5.88 Å². The second kappa shape index (κ2) is 6.45. The first-order chi connectivity index (χ1) is 10.3. The van der Waals surface area contributed by atoms with Crippen LogP contribution in [-0.2, 0) is 6.61 Å². The zero-order valence-corrected chi connectivity index (χ0v) is 11.5. The molecule has 0 saturated carbocycles. The summed E-state index contributed by atoms with van der Waals surface area (Å²) >= 11 is 0. The number of pyridine rings is 1. The van der Waals surface area contributed by atoms with Gasteiger partial charge in [-0.05, 0) is 12.1 Å². The van der Waals surface area contributed by atoms with E-state index in [2.05, 4.69) is 25.2 Å².